The van der Waals surface area contributed by atoms with Crippen LogP contribution in [0.2, 0.25) is 0 Å². The number of benzene rings is 1. The molecule has 4 nitrogen and oxygen atoms in total. The first-order valence-corrected chi connectivity index (χ1v) is 7.94. The lowest BCUT2D eigenvalue weighted by atomic mass is 9.64. The number of hydrogen-bond acceptors (Lipinski definition) is 3. The number of rotatable bonds is 4. The maximum atomic E-state index is 12.1. The molecule has 1 fully saturated rings. The van der Waals surface area contributed by atoms with Crippen molar-refractivity contribution in [2.24, 2.45) is 11.3 Å². The number of aliphatic hydroxyl groups is 1. The number of hydrogen-bond donors (Lipinski definition) is 2. The van der Waals surface area contributed by atoms with Crippen molar-refractivity contribution in [1.82, 2.24) is 5.32 Å². The second kappa shape index (κ2) is 6.69. The van der Waals surface area contributed by atoms with Crippen LogP contribution in [-0.4, -0.2) is 23.3 Å². The molecule has 1 amide bonds. The summed E-state index contributed by atoms with van der Waals surface area (Å²) >= 11 is 0. The summed E-state index contributed by atoms with van der Waals surface area (Å²) in [5.41, 5.74) is 0.482. The topological polar surface area (TPSA) is 58.6 Å². The van der Waals surface area contributed by atoms with Crippen LogP contribution < -0.4 is 5.32 Å². The number of amides is 1. The summed E-state index contributed by atoms with van der Waals surface area (Å²) in [6.45, 7) is 6.73. The van der Waals surface area contributed by atoms with Crippen molar-refractivity contribution in [1.29, 1.82) is 0 Å². The molecule has 1 aromatic rings. The van der Waals surface area contributed by atoms with Crippen molar-refractivity contribution in [3.05, 3.63) is 35.9 Å². The zero-order valence-corrected chi connectivity index (χ0v) is 13.8. The smallest absolute Gasteiger partial charge is 0.407 e. The number of ether oxygens (including phenoxy) is 1. The van der Waals surface area contributed by atoms with Gasteiger partial charge in [-0.05, 0) is 36.2 Å². The first-order chi connectivity index (χ1) is 10.3. The lowest BCUT2D eigenvalue weighted by molar-refractivity contribution is 0.0311. The minimum absolute atomic E-state index is 0.0544. The highest BCUT2D eigenvalue weighted by Crippen LogP contribution is 2.43. The van der Waals surface area contributed by atoms with Gasteiger partial charge in [-0.15, -0.1) is 0 Å². The Hall–Kier alpha value is -1.55. The molecule has 2 unspecified atom stereocenters. The number of carbonyl (C=O) groups excluding carboxylic acids is 1. The van der Waals surface area contributed by atoms with Crippen LogP contribution in [-0.2, 0) is 11.3 Å². The maximum Gasteiger partial charge on any atom is 0.407 e. The normalized spacial score (nSPS) is 27.2. The van der Waals surface area contributed by atoms with Gasteiger partial charge in [0, 0.05) is 0 Å². The van der Waals surface area contributed by atoms with Crippen LogP contribution in [0.3, 0.4) is 0 Å². The Kier molecular flexibility index (Phi) is 5.12. The second-order valence-corrected chi connectivity index (χ2v) is 7.48. The van der Waals surface area contributed by atoms with Crippen molar-refractivity contribution >= 4 is 6.09 Å². The molecule has 22 heavy (non-hydrogen) atoms. The zero-order chi connectivity index (χ0) is 16.2. The van der Waals surface area contributed by atoms with E-state index in [9.17, 15) is 9.90 Å². The van der Waals surface area contributed by atoms with E-state index < -0.39 is 11.6 Å². The van der Waals surface area contributed by atoms with Crippen molar-refractivity contribution in [2.75, 3.05) is 6.61 Å². The third-order valence-corrected chi connectivity index (χ3v) is 4.34. The van der Waals surface area contributed by atoms with E-state index >= 15 is 0 Å². The lowest BCUT2D eigenvalue weighted by Gasteiger charge is -2.46. The Morgan fingerprint density at radius 3 is 2.59 bits per heavy atom. The Morgan fingerprint density at radius 2 is 2.00 bits per heavy atom. The van der Waals surface area contributed by atoms with Gasteiger partial charge in [0.2, 0.25) is 0 Å². The van der Waals surface area contributed by atoms with Crippen molar-refractivity contribution in [2.45, 2.75) is 52.2 Å². The van der Waals surface area contributed by atoms with Gasteiger partial charge in [0.15, 0.2) is 0 Å². The molecule has 1 aliphatic carbocycles. The first kappa shape index (κ1) is 16.8. The molecule has 0 saturated heterocycles. The molecular weight excluding hydrogens is 278 g/mol. The van der Waals surface area contributed by atoms with Gasteiger partial charge in [0.25, 0.3) is 0 Å². The summed E-state index contributed by atoms with van der Waals surface area (Å²) < 4.78 is 5.30. The Balaban J connectivity index is 1.95. The van der Waals surface area contributed by atoms with E-state index in [4.69, 9.17) is 4.74 Å². The quantitative estimate of drug-likeness (QED) is 0.895. The molecule has 0 bridgehead atoms. The van der Waals surface area contributed by atoms with Crippen molar-refractivity contribution < 1.29 is 14.6 Å². The van der Waals surface area contributed by atoms with E-state index in [0.29, 0.717) is 5.92 Å². The summed E-state index contributed by atoms with van der Waals surface area (Å²) in [6, 6.07) is 9.59. The van der Waals surface area contributed by atoms with E-state index in [-0.39, 0.29) is 18.6 Å². The van der Waals surface area contributed by atoms with E-state index in [0.717, 1.165) is 24.8 Å². The summed E-state index contributed by atoms with van der Waals surface area (Å²) in [4.78, 5) is 12.1. The Labute approximate surface area is 132 Å². The standard InChI is InChI=1S/C18H27NO3/c1-14-9-17(2,3)12-18(10-14,13-20)19-16(21)22-11-15-7-5-4-6-8-15/h4-8,14,20H,9-13H2,1-3H3,(H,19,21). The average Bonchev–Trinajstić information content (AvgIpc) is 2.44. The molecule has 2 rings (SSSR count). The van der Waals surface area contributed by atoms with Gasteiger partial charge < -0.3 is 15.2 Å². The molecule has 2 atom stereocenters. The van der Waals surface area contributed by atoms with Gasteiger partial charge in [-0.1, -0.05) is 51.1 Å². The van der Waals surface area contributed by atoms with E-state index in [2.05, 4.69) is 26.1 Å². The predicted octanol–water partition coefficient (Wildman–Crippen LogP) is 3.49. The summed E-state index contributed by atoms with van der Waals surface area (Å²) in [5, 5.41) is 12.8. The third kappa shape index (κ3) is 4.47. The van der Waals surface area contributed by atoms with Gasteiger partial charge in [-0.25, -0.2) is 4.79 Å². The molecule has 0 spiro atoms. The van der Waals surface area contributed by atoms with Crippen LogP contribution in [0, 0.1) is 11.3 Å². The molecule has 1 aliphatic rings. The lowest BCUT2D eigenvalue weighted by Crippen LogP contribution is -2.57. The minimum Gasteiger partial charge on any atom is -0.445 e. The number of alkyl carbamates (subject to hydrolysis) is 1. The van der Waals surface area contributed by atoms with Crippen molar-refractivity contribution in [3.63, 3.8) is 0 Å². The monoisotopic (exact) mass is 305 g/mol. The minimum atomic E-state index is -0.574. The number of carbonyl (C=O) groups is 1. The van der Waals surface area contributed by atoms with Crippen LogP contribution in [0.1, 0.15) is 45.6 Å². The van der Waals surface area contributed by atoms with Gasteiger partial charge >= 0.3 is 6.09 Å². The molecule has 0 aliphatic heterocycles. The van der Waals surface area contributed by atoms with E-state index in [1.54, 1.807) is 0 Å². The highest BCUT2D eigenvalue weighted by molar-refractivity contribution is 5.68. The molecule has 0 radical (unpaired) electrons. The molecule has 0 heterocycles. The zero-order valence-electron chi connectivity index (χ0n) is 13.8. The van der Waals surface area contributed by atoms with E-state index in [1.165, 1.54) is 0 Å². The third-order valence-electron chi connectivity index (χ3n) is 4.34. The van der Waals surface area contributed by atoms with Crippen LogP contribution in [0.4, 0.5) is 4.79 Å². The molecule has 0 aromatic heterocycles. The summed E-state index contributed by atoms with van der Waals surface area (Å²) in [6.07, 6.45) is 2.20. The van der Waals surface area contributed by atoms with Gasteiger partial charge in [-0.2, -0.15) is 0 Å². The largest absolute Gasteiger partial charge is 0.445 e. The molecule has 1 aromatic carbocycles. The fraction of sp³-hybridized carbons (Fsp3) is 0.611. The number of aliphatic hydroxyl groups excluding tert-OH is 1. The Morgan fingerprint density at radius 1 is 1.32 bits per heavy atom. The molecular formula is C18H27NO3. The molecule has 2 N–H and O–H groups in total. The van der Waals surface area contributed by atoms with Crippen LogP contribution in [0.15, 0.2) is 30.3 Å². The van der Waals surface area contributed by atoms with Crippen molar-refractivity contribution in [3.8, 4) is 0 Å². The van der Waals surface area contributed by atoms with Crippen LogP contribution in [0.5, 0.6) is 0 Å². The Bertz CT molecular complexity index is 500. The molecule has 122 valence electrons. The van der Waals surface area contributed by atoms with Gasteiger partial charge in [-0.3, -0.25) is 0 Å². The van der Waals surface area contributed by atoms with Gasteiger partial charge in [0.1, 0.15) is 6.61 Å². The average molecular weight is 305 g/mol. The number of nitrogens with one attached hydrogen (secondary N) is 1. The highest BCUT2D eigenvalue weighted by atomic mass is 16.5. The second-order valence-electron chi connectivity index (χ2n) is 7.48. The molecule has 4 heteroatoms. The van der Waals surface area contributed by atoms with Gasteiger partial charge in [0.05, 0.1) is 12.1 Å². The first-order valence-electron chi connectivity index (χ1n) is 7.94. The SMILES string of the molecule is CC1CC(C)(C)CC(CO)(NC(=O)OCc2ccccc2)C1. The van der Waals surface area contributed by atoms with Crippen LogP contribution >= 0.6 is 0 Å². The maximum absolute atomic E-state index is 12.1. The highest BCUT2D eigenvalue weighted by Gasteiger charge is 2.43. The fourth-order valence-corrected chi connectivity index (χ4v) is 3.97. The van der Waals surface area contributed by atoms with Crippen LogP contribution in [0.25, 0.3) is 0 Å². The van der Waals surface area contributed by atoms with E-state index in [1.807, 2.05) is 30.3 Å². The fourth-order valence-electron chi connectivity index (χ4n) is 3.97. The summed E-state index contributed by atoms with van der Waals surface area (Å²) in [7, 11) is 0. The summed E-state index contributed by atoms with van der Waals surface area (Å²) in [5.74, 6) is 0.463. The molecule has 1 saturated carbocycles. The predicted molar refractivity (Wildman–Crippen MR) is 86.4 cm³/mol.